The molecule has 76 valence electrons. The van der Waals surface area contributed by atoms with Crippen LogP contribution in [0, 0.1) is 6.92 Å². The molecule has 0 unspecified atom stereocenters. The fourth-order valence-electron chi connectivity index (χ4n) is 1.23. The van der Waals surface area contributed by atoms with Crippen LogP contribution >= 0.6 is 27.5 Å². The van der Waals surface area contributed by atoms with E-state index in [1.54, 1.807) is 12.4 Å². The number of rotatable bonds is 1. The third-order valence-corrected chi connectivity index (χ3v) is 2.80. The SMILES string of the molecule is Cc1ccc(-c2ncc(Cl)cc2Br)cn1. The summed E-state index contributed by atoms with van der Waals surface area (Å²) in [6, 6.07) is 5.77. The van der Waals surface area contributed by atoms with Crippen LogP contribution in [0.25, 0.3) is 11.3 Å². The minimum Gasteiger partial charge on any atom is -0.261 e. The lowest BCUT2D eigenvalue weighted by Crippen LogP contribution is -1.87. The van der Waals surface area contributed by atoms with E-state index in [0.717, 1.165) is 21.4 Å². The van der Waals surface area contributed by atoms with Gasteiger partial charge >= 0.3 is 0 Å². The summed E-state index contributed by atoms with van der Waals surface area (Å²) >= 11 is 9.25. The number of nitrogens with zero attached hydrogens (tertiary/aromatic N) is 2. The fourth-order valence-corrected chi connectivity index (χ4v) is 2.10. The monoisotopic (exact) mass is 282 g/mol. The first kappa shape index (κ1) is 10.6. The second-order valence-electron chi connectivity index (χ2n) is 3.17. The molecule has 2 aromatic rings. The van der Waals surface area contributed by atoms with Crippen molar-refractivity contribution < 1.29 is 0 Å². The summed E-state index contributed by atoms with van der Waals surface area (Å²) in [7, 11) is 0. The van der Waals surface area contributed by atoms with E-state index in [2.05, 4.69) is 25.9 Å². The van der Waals surface area contributed by atoms with Gasteiger partial charge in [0, 0.05) is 28.1 Å². The molecule has 0 aliphatic heterocycles. The molecule has 0 atom stereocenters. The van der Waals surface area contributed by atoms with Crippen LogP contribution in [0.2, 0.25) is 5.02 Å². The van der Waals surface area contributed by atoms with Crippen molar-refractivity contribution in [2.45, 2.75) is 6.92 Å². The maximum atomic E-state index is 5.82. The molecule has 2 nitrogen and oxygen atoms in total. The highest BCUT2D eigenvalue weighted by Crippen LogP contribution is 2.27. The molecule has 0 saturated carbocycles. The van der Waals surface area contributed by atoms with Crippen molar-refractivity contribution in [2.24, 2.45) is 0 Å². The minimum atomic E-state index is 0.616. The van der Waals surface area contributed by atoms with Crippen molar-refractivity contribution in [1.29, 1.82) is 0 Å². The molecular weight excluding hydrogens is 275 g/mol. The summed E-state index contributed by atoms with van der Waals surface area (Å²) in [6.07, 6.45) is 3.43. The van der Waals surface area contributed by atoms with Gasteiger partial charge in [-0.25, -0.2) is 0 Å². The van der Waals surface area contributed by atoms with Gasteiger partial charge < -0.3 is 0 Å². The van der Waals surface area contributed by atoms with Gasteiger partial charge in [-0.1, -0.05) is 11.6 Å². The lowest BCUT2D eigenvalue weighted by atomic mass is 10.2. The highest BCUT2D eigenvalue weighted by molar-refractivity contribution is 9.10. The largest absolute Gasteiger partial charge is 0.261 e. The van der Waals surface area contributed by atoms with Crippen molar-refractivity contribution in [1.82, 2.24) is 9.97 Å². The summed E-state index contributed by atoms with van der Waals surface area (Å²) < 4.78 is 0.876. The Balaban J connectivity index is 2.49. The maximum absolute atomic E-state index is 5.82. The van der Waals surface area contributed by atoms with E-state index in [0.29, 0.717) is 5.02 Å². The van der Waals surface area contributed by atoms with Gasteiger partial charge in [-0.3, -0.25) is 9.97 Å². The highest BCUT2D eigenvalue weighted by atomic mass is 79.9. The Bertz CT molecular complexity index is 482. The van der Waals surface area contributed by atoms with Gasteiger partial charge in [-0.2, -0.15) is 0 Å². The number of aryl methyl sites for hydroxylation is 1. The number of pyridine rings is 2. The Morgan fingerprint density at radius 3 is 2.60 bits per heavy atom. The number of hydrogen-bond donors (Lipinski definition) is 0. The van der Waals surface area contributed by atoms with Crippen LogP contribution in [0.4, 0.5) is 0 Å². The summed E-state index contributed by atoms with van der Waals surface area (Å²) in [4.78, 5) is 8.48. The maximum Gasteiger partial charge on any atom is 0.0860 e. The average Bonchev–Trinajstić information content (AvgIpc) is 2.20. The number of hydrogen-bond acceptors (Lipinski definition) is 2. The summed E-state index contributed by atoms with van der Waals surface area (Å²) in [5.41, 5.74) is 2.82. The molecule has 2 rings (SSSR count). The van der Waals surface area contributed by atoms with Crippen LogP contribution in [-0.2, 0) is 0 Å². The zero-order valence-electron chi connectivity index (χ0n) is 8.04. The molecule has 2 aromatic heterocycles. The molecule has 0 aromatic carbocycles. The lowest BCUT2D eigenvalue weighted by Gasteiger charge is -2.03. The fraction of sp³-hybridized carbons (Fsp3) is 0.0909. The second-order valence-corrected chi connectivity index (χ2v) is 4.46. The molecule has 0 amide bonds. The van der Waals surface area contributed by atoms with Gasteiger partial charge in [0.1, 0.15) is 0 Å². The van der Waals surface area contributed by atoms with E-state index in [-0.39, 0.29) is 0 Å². The Labute approximate surface area is 101 Å². The Morgan fingerprint density at radius 2 is 2.00 bits per heavy atom. The number of halogens is 2. The quantitative estimate of drug-likeness (QED) is 0.794. The lowest BCUT2D eigenvalue weighted by molar-refractivity contribution is 1.19. The molecule has 2 heterocycles. The van der Waals surface area contributed by atoms with Crippen molar-refractivity contribution in [3.8, 4) is 11.3 Å². The van der Waals surface area contributed by atoms with Gasteiger partial charge in [0.2, 0.25) is 0 Å². The molecule has 0 fully saturated rings. The van der Waals surface area contributed by atoms with E-state index in [4.69, 9.17) is 11.6 Å². The molecule has 0 radical (unpaired) electrons. The van der Waals surface area contributed by atoms with Crippen LogP contribution < -0.4 is 0 Å². The molecule has 15 heavy (non-hydrogen) atoms. The summed E-state index contributed by atoms with van der Waals surface area (Å²) in [5.74, 6) is 0. The summed E-state index contributed by atoms with van der Waals surface area (Å²) in [5, 5.41) is 0.616. The molecule has 0 bridgehead atoms. The molecule has 0 aliphatic carbocycles. The zero-order valence-corrected chi connectivity index (χ0v) is 10.4. The van der Waals surface area contributed by atoms with E-state index >= 15 is 0 Å². The van der Waals surface area contributed by atoms with Crippen LogP contribution in [0.15, 0.2) is 35.1 Å². The van der Waals surface area contributed by atoms with Gasteiger partial charge in [0.25, 0.3) is 0 Å². The van der Waals surface area contributed by atoms with Gasteiger partial charge in [0.05, 0.1) is 10.7 Å². The first-order valence-corrected chi connectivity index (χ1v) is 5.58. The third kappa shape index (κ3) is 2.36. The van der Waals surface area contributed by atoms with E-state index < -0.39 is 0 Å². The first-order chi connectivity index (χ1) is 7.16. The van der Waals surface area contributed by atoms with E-state index in [1.165, 1.54) is 0 Å². The smallest absolute Gasteiger partial charge is 0.0860 e. The molecule has 4 heteroatoms. The van der Waals surface area contributed by atoms with Gasteiger partial charge in [-0.15, -0.1) is 0 Å². The Morgan fingerprint density at radius 1 is 1.20 bits per heavy atom. The molecule has 0 N–H and O–H groups in total. The Hall–Kier alpha value is -0.930. The minimum absolute atomic E-state index is 0.616. The standard InChI is InChI=1S/C11H8BrClN2/c1-7-2-3-8(5-14-7)11-10(12)4-9(13)6-15-11/h2-6H,1H3. The van der Waals surface area contributed by atoms with Gasteiger partial charge in [0.15, 0.2) is 0 Å². The zero-order chi connectivity index (χ0) is 10.8. The van der Waals surface area contributed by atoms with E-state index in [9.17, 15) is 0 Å². The van der Waals surface area contributed by atoms with E-state index in [1.807, 2.05) is 25.1 Å². The summed E-state index contributed by atoms with van der Waals surface area (Å²) in [6.45, 7) is 1.95. The molecule has 0 aliphatic rings. The second kappa shape index (κ2) is 4.29. The van der Waals surface area contributed by atoms with Crippen LogP contribution in [-0.4, -0.2) is 9.97 Å². The van der Waals surface area contributed by atoms with Crippen molar-refractivity contribution in [3.63, 3.8) is 0 Å². The Kier molecular flexibility index (Phi) is 3.03. The van der Waals surface area contributed by atoms with Gasteiger partial charge in [-0.05, 0) is 41.1 Å². The van der Waals surface area contributed by atoms with Crippen LogP contribution in [0.5, 0.6) is 0 Å². The average molecular weight is 284 g/mol. The van der Waals surface area contributed by atoms with Crippen LogP contribution in [0.1, 0.15) is 5.69 Å². The third-order valence-electron chi connectivity index (χ3n) is 1.99. The highest BCUT2D eigenvalue weighted by Gasteiger charge is 2.05. The molecule has 0 saturated heterocycles. The van der Waals surface area contributed by atoms with Crippen molar-refractivity contribution in [2.75, 3.05) is 0 Å². The number of aromatic nitrogens is 2. The molecule has 0 spiro atoms. The topological polar surface area (TPSA) is 25.8 Å². The van der Waals surface area contributed by atoms with Crippen LogP contribution in [0.3, 0.4) is 0 Å². The first-order valence-electron chi connectivity index (χ1n) is 4.41. The van der Waals surface area contributed by atoms with Crippen molar-refractivity contribution >= 4 is 27.5 Å². The normalized spacial score (nSPS) is 10.3. The predicted molar refractivity (Wildman–Crippen MR) is 64.9 cm³/mol. The van der Waals surface area contributed by atoms with Crippen molar-refractivity contribution in [3.05, 3.63) is 45.8 Å². The predicted octanol–water partition coefficient (Wildman–Crippen LogP) is 3.87. The molecular formula is C11H8BrClN2.